The molecule has 0 heterocycles. The minimum atomic E-state index is -3.70. The molecule has 0 fully saturated rings. The maximum absolute atomic E-state index is 12.3. The van der Waals surface area contributed by atoms with E-state index in [2.05, 4.69) is 10.0 Å². The van der Waals surface area contributed by atoms with Crippen LogP contribution in [-0.2, 0) is 21.2 Å². The lowest BCUT2D eigenvalue weighted by molar-refractivity contribution is -0.138. The van der Waals surface area contributed by atoms with Gasteiger partial charge in [-0.05, 0) is 50.3 Å². The molecule has 9 nitrogen and oxygen atoms in total. The van der Waals surface area contributed by atoms with Crippen molar-refractivity contribution in [2.24, 2.45) is 5.73 Å². The first-order valence-electron chi connectivity index (χ1n) is 9.69. The van der Waals surface area contributed by atoms with Crippen molar-refractivity contribution in [3.63, 3.8) is 0 Å². The van der Waals surface area contributed by atoms with Gasteiger partial charge < -0.3 is 20.9 Å². The second-order valence-corrected chi connectivity index (χ2v) is 9.03. The van der Waals surface area contributed by atoms with E-state index in [9.17, 15) is 18.3 Å². The minimum Gasteiger partial charge on any atom is -0.494 e. The molecule has 6 N–H and O–H groups in total. The summed E-state index contributed by atoms with van der Waals surface area (Å²) >= 11 is 0. The lowest BCUT2D eigenvalue weighted by Crippen LogP contribution is -2.45. The Morgan fingerprint density at radius 3 is 2.48 bits per heavy atom. The van der Waals surface area contributed by atoms with Crippen LogP contribution in [0.2, 0.25) is 0 Å². The van der Waals surface area contributed by atoms with E-state index in [1.165, 1.54) is 0 Å². The van der Waals surface area contributed by atoms with Crippen LogP contribution in [0.4, 0.5) is 0 Å². The maximum Gasteiger partial charge on any atom is 0.322 e. The lowest BCUT2D eigenvalue weighted by atomic mass is 10.1. The molecule has 29 heavy (non-hydrogen) atoms. The first-order chi connectivity index (χ1) is 13.7. The number of rotatable bonds is 14. The second kappa shape index (κ2) is 12.3. The third-order valence-electron chi connectivity index (χ3n) is 4.35. The zero-order chi connectivity index (χ0) is 21.9. The Morgan fingerprint density at radius 2 is 1.93 bits per heavy atom. The largest absolute Gasteiger partial charge is 0.494 e. The van der Waals surface area contributed by atoms with Gasteiger partial charge in [0.25, 0.3) is 0 Å². The Hall–Kier alpha value is -2.33. The van der Waals surface area contributed by atoms with E-state index in [1.54, 1.807) is 31.2 Å². The minimum absolute atomic E-state index is 0.0460. The number of benzene rings is 1. The molecule has 0 aromatic heterocycles. The molecule has 1 aromatic rings. The quantitative estimate of drug-likeness (QED) is 0.170. The summed E-state index contributed by atoms with van der Waals surface area (Å²) in [5, 5.41) is 18.5. The van der Waals surface area contributed by atoms with Crippen molar-refractivity contribution in [3.8, 4) is 5.75 Å². The Kier molecular flexibility index (Phi) is 10.5. The van der Waals surface area contributed by atoms with Crippen LogP contribution >= 0.6 is 0 Å². The van der Waals surface area contributed by atoms with Gasteiger partial charge in [-0.25, -0.2) is 13.1 Å². The van der Waals surface area contributed by atoms with Crippen molar-refractivity contribution in [1.29, 1.82) is 5.41 Å². The molecule has 0 saturated carbocycles. The number of aliphatic carboxylic acids is 1. The van der Waals surface area contributed by atoms with Crippen LogP contribution in [-0.4, -0.2) is 49.9 Å². The molecule has 1 rings (SSSR count). The number of hydrogen-bond acceptors (Lipinski definition) is 5. The van der Waals surface area contributed by atoms with Gasteiger partial charge in [0.1, 0.15) is 11.8 Å². The predicted octanol–water partition coefficient (Wildman–Crippen LogP) is 1.43. The number of carbonyl (C=O) groups is 1. The first-order valence-corrected chi connectivity index (χ1v) is 11.2. The fourth-order valence-electron chi connectivity index (χ4n) is 2.65. The highest BCUT2D eigenvalue weighted by Gasteiger charge is 2.28. The number of carboxylic acids is 1. The van der Waals surface area contributed by atoms with Crippen molar-refractivity contribution >= 4 is 22.0 Å². The van der Waals surface area contributed by atoms with Crippen LogP contribution in [0.5, 0.6) is 5.75 Å². The zero-order valence-corrected chi connectivity index (χ0v) is 17.8. The molecule has 0 aliphatic heterocycles. The van der Waals surface area contributed by atoms with E-state index >= 15 is 0 Å². The number of ether oxygens (including phenoxy) is 1. The summed E-state index contributed by atoms with van der Waals surface area (Å²) in [6, 6.07) is 5.70. The van der Waals surface area contributed by atoms with Crippen LogP contribution in [0.1, 0.15) is 45.1 Å². The average molecular weight is 429 g/mol. The van der Waals surface area contributed by atoms with E-state index in [4.69, 9.17) is 15.9 Å². The number of nitrogens with one attached hydrogen (secondary N) is 3. The van der Waals surface area contributed by atoms with Gasteiger partial charge in [0, 0.05) is 6.54 Å². The lowest BCUT2D eigenvalue weighted by Gasteiger charge is -2.18. The van der Waals surface area contributed by atoms with Gasteiger partial charge in [-0.1, -0.05) is 25.5 Å². The summed E-state index contributed by atoms with van der Waals surface area (Å²) in [6.07, 6.45) is 2.83. The van der Waals surface area contributed by atoms with Gasteiger partial charge in [0.05, 0.1) is 11.9 Å². The molecule has 1 aromatic carbocycles. The number of hydrogen-bond donors (Lipinski definition) is 5. The highest BCUT2D eigenvalue weighted by Crippen LogP contribution is 2.15. The molecular weight excluding hydrogens is 396 g/mol. The number of nitrogens with two attached hydrogens (primary N) is 1. The molecule has 0 radical (unpaired) electrons. The van der Waals surface area contributed by atoms with Crippen LogP contribution in [0, 0.1) is 5.41 Å². The predicted molar refractivity (Wildman–Crippen MR) is 113 cm³/mol. The van der Waals surface area contributed by atoms with Crippen molar-refractivity contribution < 1.29 is 23.1 Å². The van der Waals surface area contributed by atoms with Gasteiger partial charge in [-0.2, -0.15) is 0 Å². The SMILES string of the molecule is CCCC(C)S(=O)(=O)N[C@@H](Cc1ccc(OCCCCNC(=N)N)cc1)C(=O)O. The maximum atomic E-state index is 12.3. The van der Waals surface area contributed by atoms with Crippen molar-refractivity contribution in [2.75, 3.05) is 13.2 Å². The summed E-state index contributed by atoms with van der Waals surface area (Å²) in [4.78, 5) is 11.5. The van der Waals surface area contributed by atoms with E-state index in [0.717, 1.165) is 12.8 Å². The van der Waals surface area contributed by atoms with Crippen LogP contribution in [0.15, 0.2) is 24.3 Å². The highest BCUT2D eigenvalue weighted by molar-refractivity contribution is 7.90. The van der Waals surface area contributed by atoms with E-state index in [1.807, 2.05) is 6.92 Å². The summed E-state index contributed by atoms with van der Waals surface area (Å²) in [5.74, 6) is -0.614. The van der Waals surface area contributed by atoms with Crippen LogP contribution < -0.4 is 20.5 Å². The molecule has 164 valence electrons. The molecule has 0 bridgehead atoms. The molecule has 2 atom stereocenters. The Morgan fingerprint density at radius 1 is 1.28 bits per heavy atom. The molecule has 10 heteroatoms. The van der Waals surface area contributed by atoms with E-state index in [-0.39, 0.29) is 12.4 Å². The second-order valence-electron chi connectivity index (χ2n) is 6.90. The molecule has 0 saturated heterocycles. The number of guanidine groups is 1. The molecule has 0 aliphatic rings. The summed E-state index contributed by atoms with van der Waals surface area (Å²) in [5.41, 5.74) is 5.89. The first kappa shape index (κ1) is 24.7. The fourth-order valence-corrected chi connectivity index (χ4v) is 4.01. The topological polar surface area (TPSA) is 155 Å². The molecule has 0 amide bonds. The van der Waals surface area contributed by atoms with E-state index < -0.39 is 27.3 Å². The van der Waals surface area contributed by atoms with Crippen LogP contribution in [0.3, 0.4) is 0 Å². The summed E-state index contributed by atoms with van der Waals surface area (Å²) in [6.45, 7) is 4.58. The number of unbranched alkanes of at least 4 members (excludes halogenated alkanes) is 1. The van der Waals surface area contributed by atoms with Crippen molar-refractivity contribution in [3.05, 3.63) is 29.8 Å². The van der Waals surface area contributed by atoms with E-state index in [0.29, 0.717) is 37.3 Å². The van der Waals surface area contributed by atoms with Gasteiger partial charge in [-0.15, -0.1) is 0 Å². The van der Waals surface area contributed by atoms with Gasteiger partial charge in [-0.3, -0.25) is 10.2 Å². The van der Waals surface area contributed by atoms with Crippen LogP contribution in [0.25, 0.3) is 0 Å². The van der Waals surface area contributed by atoms with Crippen molar-refractivity contribution in [1.82, 2.24) is 10.0 Å². The Bertz CT molecular complexity index is 752. The average Bonchev–Trinajstić information content (AvgIpc) is 2.65. The molecule has 0 spiro atoms. The van der Waals surface area contributed by atoms with Gasteiger partial charge in [0.2, 0.25) is 10.0 Å². The van der Waals surface area contributed by atoms with Crippen molar-refractivity contribution in [2.45, 2.75) is 57.2 Å². The van der Waals surface area contributed by atoms with Gasteiger partial charge in [0.15, 0.2) is 5.96 Å². The molecule has 1 unspecified atom stereocenters. The molecular formula is C19H32N4O5S. The highest BCUT2D eigenvalue weighted by atomic mass is 32.2. The number of sulfonamides is 1. The summed E-state index contributed by atoms with van der Waals surface area (Å²) in [7, 11) is -3.70. The van der Waals surface area contributed by atoms with Gasteiger partial charge >= 0.3 is 5.97 Å². The zero-order valence-electron chi connectivity index (χ0n) is 17.0. The smallest absolute Gasteiger partial charge is 0.322 e. The Labute approximate surface area is 172 Å². The number of carboxylic acid groups (broad SMARTS) is 1. The third kappa shape index (κ3) is 9.62. The third-order valence-corrected chi connectivity index (χ3v) is 6.26. The summed E-state index contributed by atoms with van der Waals surface area (Å²) < 4.78 is 32.5. The fraction of sp³-hybridized carbons (Fsp3) is 0.579. The standard InChI is InChI=1S/C19H32N4O5S/c1-3-6-14(2)29(26,27)23-17(18(24)25)13-15-7-9-16(10-8-15)28-12-5-4-11-22-19(20)21/h7-10,14,17,23H,3-6,11-13H2,1-2H3,(H,24,25)(H4,20,21,22)/t14?,17-/m0/s1. The monoisotopic (exact) mass is 428 g/mol. The molecule has 0 aliphatic carbocycles. The Balaban J connectivity index is 2.56. The normalized spacial score (nSPS) is 13.4.